The number of hydrogen-bond donors (Lipinski definition) is 1. The maximum absolute atomic E-state index is 13.5. The third kappa shape index (κ3) is 3.58. The number of nitrogens with one attached hydrogen (secondary N) is 1. The van der Waals surface area contributed by atoms with Gasteiger partial charge in [-0.2, -0.15) is 0 Å². The van der Waals surface area contributed by atoms with Crippen LogP contribution < -0.4 is 5.32 Å². The van der Waals surface area contributed by atoms with Crippen molar-refractivity contribution < 1.29 is 9.18 Å². The summed E-state index contributed by atoms with van der Waals surface area (Å²) in [6, 6.07) is 4.27. The lowest BCUT2D eigenvalue weighted by atomic mass is 10.0. The minimum atomic E-state index is -0.299. The summed E-state index contributed by atoms with van der Waals surface area (Å²) >= 11 is 5.82. The first-order valence-electron chi connectivity index (χ1n) is 5.16. The first kappa shape index (κ1) is 13.1. The van der Waals surface area contributed by atoms with Gasteiger partial charge in [0.1, 0.15) is 11.6 Å². The molecule has 1 unspecified atom stereocenters. The van der Waals surface area contributed by atoms with Crippen molar-refractivity contribution in [3.05, 3.63) is 34.6 Å². The Balaban J connectivity index is 2.85. The molecular weight excluding hydrogens is 229 g/mol. The predicted octanol–water partition coefficient (Wildman–Crippen LogP) is 3.11. The molecule has 88 valence electrons. The molecule has 1 atom stereocenters. The number of carbonyl (C=O) groups is 1. The van der Waals surface area contributed by atoms with Crippen molar-refractivity contribution in [2.75, 3.05) is 7.05 Å². The van der Waals surface area contributed by atoms with E-state index >= 15 is 0 Å². The molecule has 16 heavy (non-hydrogen) atoms. The molecule has 0 bridgehead atoms. The van der Waals surface area contributed by atoms with Gasteiger partial charge in [-0.15, -0.1) is 0 Å². The van der Waals surface area contributed by atoms with Crippen LogP contribution in [0.15, 0.2) is 18.2 Å². The Labute approximate surface area is 99.8 Å². The van der Waals surface area contributed by atoms with Crippen molar-refractivity contribution in [1.82, 2.24) is 5.32 Å². The highest BCUT2D eigenvalue weighted by Crippen LogP contribution is 2.24. The SMILES string of the molecule is CNC(CCC(C)=O)c1cc(Cl)ccc1F. The van der Waals surface area contributed by atoms with Crippen molar-refractivity contribution >= 4 is 17.4 Å². The molecule has 0 aliphatic rings. The Morgan fingerprint density at radius 3 is 2.81 bits per heavy atom. The summed E-state index contributed by atoms with van der Waals surface area (Å²) in [5.41, 5.74) is 0.510. The molecule has 0 spiro atoms. The van der Waals surface area contributed by atoms with Crippen LogP contribution in [-0.4, -0.2) is 12.8 Å². The Kier molecular flexibility index (Phi) is 4.90. The first-order valence-corrected chi connectivity index (χ1v) is 5.54. The van der Waals surface area contributed by atoms with Crippen LogP contribution in [0.3, 0.4) is 0 Å². The van der Waals surface area contributed by atoms with Crippen LogP contribution >= 0.6 is 11.6 Å². The topological polar surface area (TPSA) is 29.1 Å². The quantitative estimate of drug-likeness (QED) is 0.861. The molecule has 0 saturated carbocycles. The fourth-order valence-corrected chi connectivity index (χ4v) is 1.77. The molecule has 0 amide bonds. The van der Waals surface area contributed by atoms with Crippen molar-refractivity contribution in [3.63, 3.8) is 0 Å². The first-order chi connectivity index (χ1) is 7.54. The van der Waals surface area contributed by atoms with E-state index in [9.17, 15) is 9.18 Å². The second-order valence-electron chi connectivity index (χ2n) is 3.75. The minimum Gasteiger partial charge on any atom is -0.313 e. The van der Waals surface area contributed by atoms with Crippen LogP contribution in [-0.2, 0) is 4.79 Å². The zero-order valence-electron chi connectivity index (χ0n) is 9.39. The Bertz CT molecular complexity index is 381. The molecule has 0 aliphatic heterocycles. The molecule has 0 aromatic heterocycles. The van der Waals surface area contributed by atoms with Gasteiger partial charge in [-0.1, -0.05) is 11.6 Å². The second kappa shape index (κ2) is 5.97. The van der Waals surface area contributed by atoms with Gasteiger partial charge in [0, 0.05) is 23.0 Å². The van der Waals surface area contributed by atoms with Crippen LogP contribution in [0.5, 0.6) is 0 Å². The summed E-state index contributed by atoms with van der Waals surface area (Å²) < 4.78 is 13.5. The van der Waals surface area contributed by atoms with E-state index in [1.165, 1.54) is 19.1 Å². The zero-order valence-corrected chi connectivity index (χ0v) is 10.1. The molecule has 0 aliphatic carbocycles. The van der Waals surface area contributed by atoms with Gasteiger partial charge in [0.05, 0.1) is 0 Å². The molecule has 0 heterocycles. The normalized spacial score (nSPS) is 12.5. The van der Waals surface area contributed by atoms with E-state index in [-0.39, 0.29) is 17.6 Å². The largest absolute Gasteiger partial charge is 0.313 e. The number of rotatable bonds is 5. The molecule has 0 saturated heterocycles. The maximum atomic E-state index is 13.5. The summed E-state index contributed by atoms with van der Waals surface area (Å²) in [7, 11) is 1.74. The van der Waals surface area contributed by atoms with Crippen LogP contribution in [0.2, 0.25) is 5.02 Å². The number of carbonyl (C=O) groups excluding carboxylic acids is 1. The number of halogens is 2. The Morgan fingerprint density at radius 1 is 1.56 bits per heavy atom. The van der Waals surface area contributed by atoms with E-state index in [2.05, 4.69) is 5.32 Å². The van der Waals surface area contributed by atoms with E-state index in [0.29, 0.717) is 23.4 Å². The van der Waals surface area contributed by atoms with Gasteiger partial charge in [0.25, 0.3) is 0 Å². The average Bonchev–Trinajstić information content (AvgIpc) is 2.23. The molecular formula is C12H15ClFNO. The van der Waals surface area contributed by atoms with Crippen LogP contribution in [0.1, 0.15) is 31.4 Å². The highest BCUT2D eigenvalue weighted by Gasteiger charge is 2.14. The highest BCUT2D eigenvalue weighted by atomic mass is 35.5. The predicted molar refractivity (Wildman–Crippen MR) is 63.1 cm³/mol. The summed E-state index contributed by atoms with van der Waals surface area (Å²) in [4.78, 5) is 10.9. The summed E-state index contributed by atoms with van der Waals surface area (Å²) in [5, 5.41) is 3.49. The molecule has 4 heteroatoms. The monoisotopic (exact) mass is 243 g/mol. The highest BCUT2D eigenvalue weighted by molar-refractivity contribution is 6.30. The summed E-state index contributed by atoms with van der Waals surface area (Å²) in [6.07, 6.45) is 1.00. The number of ketones is 1. The molecule has 1 aromatic rings. The van der Waals surface area contributed by atoms with Crippen molar-refractivity contribution in [2.24, 2.45) is 0 Å². The standard InChI is InChI=1S/C12H15ClFNO/c1-8(16)3-6-12(15-2)10-7-9(13)4-5-11(10)14/h4-5,7,12,15H,3,6H2,1-2H3. The third-order valence-corrected chi connectivity index (χ3v) is 2.70. The van der Waals surface area contributed by atoms with E-state index < -0.39 is 0 Å². The summed E-state index contributed by atoms with van der Waals surface area (Å²) in [5.74, 6) is -0.199. The van der Waals surface area contributed by atoms with Gasteiger partial charge in [0.15, 0.2) is 0 Å². The molecule has 1 aromatic carbocycles. The van der Waals surface area contributed by atoms with Gasteiger partial charge in [-0.25, -0.2) is 4.39 Å². The van der Waals surface area contributed by atoms with E-state index in [1.54, 1.807) is 13.1 Å². The van der Waals surface area contributed by atoms with Crippen molar-refractivity contribution in [2.45, 2.75) is 25.8 Å². The Hall–Kier alpha value is -0.930. The zero-order chi connectivity index (χ0) is 12.1. The number of benzene rings is 1. The Morgan fingerprint density at radius 2 is 2.25 bits per heavy atom. The van der Waals surface area contributed by atoms with E-state index in [1.807, 2.05) is 0 Å². The third-order valence-electron chi connectivity index (χ3n) is 2.47. The number of Topliss-reactive ketones (excluding diaryl/α,β-unsaturated/α-hetero) is 1. The molecule has 0 radical (unpaired) electrons. The molecule has 2 nitrogen and oxygen atoms in total. The minimum absolute atomic E-state index is 0.0997. The fourth-order valence-electron chi connectivity index (χ4n) is 1.58. The average molecular weight is 244 g/mol. The molecule has 1 N–H and O–H groups in total. The fraction of sp³-hybridized carbons (Fsp3) is 0.417. The molecule has 1 rings (SSSR count). The van der Waals surface area contributed by atoms with Crippen LogP contribution in [0.25, 0.3) is 0 Å². The maximum Gasteiger partial charge on any atom is 0.129 e. The van der Waals surface area contributed by atoms with Crippen LogP contribution in [0.4, 0.5) is 4.39 Å². The lowest BCUT2D eigenvalue weighted by Gasteiger charge is -2.16. The summed E-state index contributed by atoms with van der Waals surface area (Å²) in [6.45, 7) is 1.53. The van der Waals surface area contributed by atoms with Gasteiger partial charge in [-0.05, 0) is 38.6 Å². The van der Waals surface area contributed by atoms with Gasteiger partial charge >= 0.3 is 0 Å². The van der Waals surface area contributed by atoms with E-state index in [4.69, 9.17) is 11.6 Å². The lowest BCUT2D eigenvalue weighted by molar-refractivity contribution is -0.117. The van der Waals surface area contributed by atoms with Gasteiger partial charge in [0.2, 0.25) is 0 Å². The lowest BCUT2D eigenvalue weighted by Crippen LogP contribution is -2.18. The smallest absolute Gasteiger partial charge is 0.129 e. The van der Waals surface area contributed by atoms with Crippen LogP contribution in [0, 0.1) is 5.82 Å². The van der Waals surface area contributed by atoms with Gasteiger partial charge < -0.3 is 10.1 Å². The second-order valence-corrected chi connectivity index (χ2v) is 4.18. The molecule has 0 fully saturated rings. The van der Waals surface area contributed by atoms with Crippen molar-refractivity contribution in [1.29, 1.82) is 0 Å². The van der Waals surface area contributed by atoms with Gasteiger partial charge in [-0.3, -0.25) is 0 Å². The number of hydrogen-bond acceptors (Lipinski definition) is 2. The van der Waals surface area contributed by atoms with Crippen molar-refractivity contribution in [3.8, 4) is 0 Å². The van der Waals surface area contributed by atoms with E-state index in [0.717, 1.165) is 0 Å².